The second-order valence-electron chi connectivity index (χ2n) is 8.24. The first-order valence-corrected chi connectivity index (χ1v) is 10.8. The summed E-state index contributed by atoms with van der Waals surface area (Å²) in [5, 5.41) is 7.88. The summed E-state index contributed by atoms with van der Waals surface area (Å²) in [6.07, 6.45) is 0.949. The lowest BCUT2D eigenvalue weighted by atomic mass is 10.1. The highest BCUT2D eigenvalue weighted by Crippen LogP contribution is 2.16. The average Bonchev–Trinajstić information content (AvgIpc) is 2.79. The van der Waals surface area contributed by atoms with Gasteiger partial charge in [-0.15, -0.1) is 0 Å². The predicted octanol–water partition coefficient (Wildman–Crippen LogP) is 3.65. The molecule has 0 radical (unpaired) electrons. The summed E-state index contributed by atoms with van der Waals surface area (Å²) in [5.41, 5.74) is 1.96. The van der Waals surface area contributed by atoms with Gasteiger partial charge in [0.2, 0.25) is 0 Å². The Labute approximate surface area is 187 Å². The van der Waals surface area contributed by atoms with Crippen LogP contribution < -0.4 is 10.9 Å². The van der Waals surface area contributed by atoms with Crippen LogP contribution >= 0.6 is 0 Å². The lowest BCUT2D eigenvalue weighted by molar-refractivity contribution is -0.124. The first-order chi connectivity index (χ1) is 15.3. The summed E-state index contributed by atoms with van der Waals surface area (Å²) in [5.74, 6) is -0.983. The Balaban J connectivity index is 1.72. The molecule has 1 amide bonds. The number of aryl methyl sites for hydroxylation is 1. The van der Waals surface area contributed by atoms with Crippen LogP contribution in [0.2, 0.25) is 0 Å². The van der Waals surface area contributed by atoms with Crippen molar-refractivity contribution in [1.82, 2.24) is 15.1 Å². The van der Waals surface area contributed by atoms with Crippen LogP contribution in [0.15, 0.2) is 53.3 Å². The fourth-order valence-electron chi connectivity index (χ4n) is 3.46. The summed E-state index contributed by atoms with van der Waals surface area (Å²) >= 11 is 0. The molecule has 1 atom stereocenters. The summed E-state index contributed by atoms with van der Waals surface area (Å²) in [7, 11) is 0. The van der Waals surface area contributed by atoms with Crippen molar-refractivity contribution in [3.8, 4) is 0 Å². The van der Waals surface area contributed by atoms with Crippen LogP contribution in [-0.2, 0) is 22.5 Å². The van der Waals surface area contributed by atoms with Gasteiger partial charge in [-0.05, 0) is 36.5 Å². The van der Waals surface area contributed by atoms with E-state index in [-0.39, 0.29) is 23.2 Å². The van der Waals surface area contributed by atoms with Gasteiger partial charge < -0.3 is 10.1 Å². The van der Waals surface area contributed by atoms with E-state index in [9.17, 15) is 14.4 Å². The molecule has 32 heavy (non-hydrogen) atoms. The second-order valence-corrected chi connectivity index (χ2v) is 8.24. The molecule has 3 rings (SSSR count). The molecule has 0 saturated carbocycles. The molecular weight excluding hydrogens is 406 g/mol. The number of amides is 1. The number of esters is 1. The molecule has 0 spiro atoms. The van der Waals surface area contributed by atoms with Gasteiger partial charge >= 0.3 is 5.97 Å². The number of carbonyl (C=O) groups is 2. The maximum absolute atomic E-state index is 12.8. The van der Waals surface area contributed by atoms with Gasteiger partial charge in [0, 0.05) is 11.9 Å². The summed E-state index contributed by atoms with van der Waals surface area (Å²) in [4.78, 5) is 37.8. The molecular formula is C25H29N3O4. The molecule has 1 heterocycles. The number of nitrogens with one attached hydrogen (secondary N) is 1. The molecule has 0 aliphatic rings. The summed E-state index contributed by atoms with van der Waals surface area (Å²) in [6, 6.07) is 14.6. The lowest BCUT2D eigenvalue weighted by Crippen LogP contribution is -2.32. The lowest BCUT2D eigenvalue weighted by Gasteiger charge is -2.15. The van der Waals surface area contributed by atoms with Crippen molar-refractivity contribution >= 4 is 22.6 Å². The first-order valence-electron chi connectivity index (χ1n) is 10.8. The van der Waals surface area contributed by atoms with Crippen molar-refractivity contribution in [1.29, 1.82) is 0 Å². The number of hydrogen-bond acceptors (Lipinski definition) is 5. The van der Waals surface area contributed by atoms with Crippen molar-refractivity contribution in [3.63, 3.8) is 0 Å². The third-order valence-corrected chi connectivity index (χ3v) is 5.20. The Morgan fingerprint density at radius 2 is 1.69 bits per heavy atom. The monoisotopic (exact) mass is 435 g/mol. The van der Waals surface area contributed by atoms with Gasteiger partial charge in [-0.3, -0.25) is 9.59 Å². The molecule has 0 saturated heterocycles. The molecule has 0 aliphatic carbocycles. The molecule has 7 nitrogen and oxygen atoms in total. The van der Waals surface area contributed by atoms with Gasteiger partial charge in [0.25, 0.3) is 11.5 Å². The zero-order valence-electron chi connectivity index (χ0n) is 18.9. The minimum Gasteiger partial charge on any atom is -0.451 e. The van der Waals surface area contributed by atoms with Gasteiger partial charge in [-0.1, -0.05) is 63.2 Å². The number of ether oxygens (including phenoxy) is 1. The largest absolute Gasteiger partial charge is 0.451 e. The standard InChI is InChI=1S/C25H29N3O4/c1-5-18-10-12-19(13-11-18)17(4)26-22(29)15-32-25(31)23-20-8-6-7-9-21(20)24(30)28(27-23)14-16(2)3/h6-13,16-17H,5,14-15H2,1-4H3,(H,26,29). The van der Waals surface area contributed by atoms with Crippen LogP contribution in [0.3, 0.4) is 0 Å². The minimum absolute atomic E-state index is 0.0249. The molecule has 3 aromatic rings. The quantitative estimate of drug-likeness (QED) is 0.546. The van der Waals surface area contributed by atoms with Crippen LogP contribution in [-0.4, -0.2) is 28.3 Å². The molecule has 0 fully saturated rings. The van der Waals surface area contributed by atoms with Gasteiger partial charge in [0.1, 0.15) is 0 Å². The second kappa shape index (κ2) is 10.2. The minimum atomic E-state index is -0.742. The van der Waals surface area contributed by atoms with Crippen LogP contribution in [0.1, 0.15) is 55.4 Å². The predicted molar refractivity (Wildman–Crippen MR) is 124 cm³/mol. The number of carbonyl (C=O) groups excluding carboxylic acids is 2. The van der Waals surface area contributed by atoms with Gasteiger partial charge in [-0.25, -0.2) is 9.48 Å². The van der Waals surface area contributed by atoms with E-state index in [1.54, 1.807) is 24.3 Å². The number of nitrogens with zero attached hydrogens (tertiary/aromatic N) is 2. The van der Waals surface area contributed by atoms with Crippen molar-refractivity contribution in [2.24, 2.45) is 5.92 Å². The molecule has 7 heteroatoms. The highest BCUT2D eigenvalue weighted by molar-refractivity contribution is 6.02. The van der Waals surface area contributed by atoms with E-state index >= 15 is 0 Å². The van der Waals surface area contributed by atoms with Gasteiger partial charge in [-0.2, -0.15) is 5.10 Å². The van der Waals surface area contributed by atoms with Crippen LogP contribution in [0.25, 0.3) is 10.8 Å². The van der Waals surface area contributed by atoms with Gasteiger partial charge in [0.05, 0.1) is 11.4 Å². The number of rotatable bonds is 8. The molecule has 2 aromatic carbocycles. The Morgan fingerprint density at radius 3 is 2.31 bits per heavy atom. The summed E-state index contributed by atoms with van der Waals surface area (Å²) < 4.78 is 6.53. The average molecular weight is 436 g/mol. The fourth-order valence-corrected chi connectivity index (χ4v) is 3.46. The van der Waals surface area contributed by atoms with Crippen LogP contribution in [0.5, 0.6) is 0 Å². The third-order valence-electron chi connectivity index (χ3n) is 5.20. The van der Waals surface area contributed by atoms with E-state index in [0.717, 1.165) is 12.0 Å². The Bertz CT molecular complexity index is 1170. The Morgan fingerprint density at radius 1 is 1.03 bits per heavy atom. The summed E-state index contributed by atoms with van der Waals surface area (Å²) in [6.45, 7) is 7.82. The molecule has 1 aromatic heterocycles. The van der Waals surface area contributed by atoms with Crippen molar-refractivity contribution in [3.05, 3.63) is 75.7 Å². The number of benzene rings is 2. The fraction of sp³-hybridized carbons (Fsp3) is 0.360. The molecule has 0 aliphatic heterocycles. The molecule has 1 N–H and O–H groups in total. The van der Waals surface area contributed by atoms with E-state index in [0.29, 0.717) is 17.3 Å². The molecule has 168 valence electrons. The zero-order chi connectivity index (χ0) is 23.3. The van der Waals surface area contributed by atoms with E-state index in [1.165, 1.54) is 10.2 Å². The maximum atomic E-state index is 12.8. The maximum Gasteiger partial charge on any atom is 0.359 e. The normalized spacial score (nSPS) is 12.0. The van der Waals surface area contributed by atoms with Crippen LogP contribution in [0, 0.1) is 5.92 Å². The zero-order valence-corrected chi connectivity index (χ0v) is 18.9. The first kappa shape index (κ1) is 23.2. The third kappa shape index (κ3) is 5.41. The van der Waals surface area contributed by atoms with Crippen LogP contribution in [0.4, 0.5) is 0 Å². The number of hydrogen-bond donors (Lipinski definition) is 1. The molecule has 0 bridgehead atoms. The van der Waals surface area contributed by atoms with Crippen molar-refractivity contribution in [2.45, 2.75) is 46.7 Å². The van der Waals surface area contributed by atoms with Crippen molar-refractivity contribution < 1.29 is 14.3 Å². The van der Waals surface area contributed by atoms with Gasteiger partial charge in [0.15, 0.2) is 12.3 Å². The Kier molecular flexibility index (Phi) is 7.41. The molecule has 1 unspecified atom stereocenters. The highest BCUT2D eigenvalue weighted by atomic mass is 16.5. The van der Waals surface area contributed by atoms with E-state index in [1.807, 2.05) is 45.0 Å². The van der Waals surface area contributed by atoms with E-state index in [4.69, 9.17) is 4.74 Å². The van der Waals surface area contributed by atoms with E-state index in [2.05, 4.69) is 17.3 Å². The number of fused-ring (bicyclic) bond motifs is 1. The highest BCUT2D eigenvalue weighted by Gasteiger charge is 2.20. The SMILES string of the molecule is CCc1ccc(C(C)NC(=O)COC(=O)c2nn(CC(C)C)c(=O)c3ccccc23)cc1. The number of aromatic nitrogens is 2. The topological polar surface area (TPSA) is 90.3 Å². The van der Waals surface area contributed by atoms with Crippen molar-refractivity contribution in [2.75, 3.05) is 6.61 Å². The Hall–Kier alpha value is -3.48. The smallest absolute Gasteiger partial charge is 0.359 e. The van der Waals surface area contributed by atoms with E-state index < -0.39 is 18.5 Å².